The summed E-state index contributed by atoms with van der Waals surface area (Å²) in [7, 11) is 2.77. The number of rotatable bonds is 5. The van der Waals surface area contributed by atoms with Gasteiger partial charge in [0.25, 0.3) is 0 Å². The van der Waals surface area contributed by atoms with Gasteiger partial charge in [0.2, 0.25) is 5.78 Å². The fraction of sp³-hybridized carbons (Fsp3) is 0.105. The third kappa shape index (κ3) is 3.68. The molecule has 0 aliphatic rings. The zero-order chi connectivity index (χ0) is 17.5. The smallest absolute Gasteiger partial charge is 0.338 e. The molecule has 0 spiro atoms. The molecule has 2 aromatic carbocycles. The van der Waals surface area contributed by atoms with E-state index in [4.69, 9.17) is 9.47 Å². The Bertz CT molecular complexity index is 846. The molecule has 2 rings (SSSR count). The number of ether oxygens (including phenoxy) is 2. The lowest BCUT2D eigenvalue weighted by Gasteiger charge is -2.05. The molecule has 0 saturated carbocycles. The summed E-state index contributed by atoms with van der Waals surface area (Å²) in [5.41, 5.74) is 0.973. The second kappa shape index (κ2) is 7.75. The average Bonchev–Trinajstić information content (AvgIpc) is 2.65. The van der Waals surface area contributed by atoms with Crippen LogP contribution < -0.4 is 4.74 Å². The molecule has 2 aromatic rings. The maximum atomic E-state index is 12.5. The summed E-state index contributed by atoms with van der Waals surface area (Å²) in [6.45, 7) is 0. The number of carbonyl (C=O) groups excluding carboxylic acids is 2. The number of allylic oxidation sites excluding steroid dienone is 1. The van der Waals surface area contributed by atoms with E-state index in [0.29, 0.717) is 16.9 Å². The highest BCUT2D eigenvalue weighted by Gasteiger charge is 2.15. The minimum Gasteiger partial charge on any atom is -0.497 e. The summed E-state index contributed by atoms with van der Waals surface area (Å²) in [6.07, 6.45) is 1.38. The molecule has 0 radical (unpaired) electrons. The SMILES string of the molecule is COC(=O)c1ccccc1/C=C(\C#N)C(=O)c1cccc(OC)c1. The van der Waals surface area contributed by atoms with E-state index >= 15 is 0 Å². The van der Waals surface area contributed by atoms with E-state index in [1.807, 2.05) is 6.07 Å². The second-order valence-electron chi connectivity index (χ2n) is 4.81. The van der Waals surface area contributed by atoms with Crippen molar-refractivity contribution in [3.8, 4) is 11.8 Å². The van der Waals surface area contributed by atoms with E-state index in [9.17, 15) is 14.9 Å². The summed E-state index contributed by atoms with van der Waals surface area (Å²) in [4.78, 5) is 24.3. The third-order valence-corrected chi connectivity index (χ3v) is 3.36. The van der Waals surface area contributed by atoms with Gasteiger partial charge in [-0.15, -0.1) is 0 Å². The second-order valence-corrected chi connectivity index (χ2v) is 4.81. The normalized spacial score (nSPS) is 10.6. The van der Waals surface area contributed by atoms with Gasteiger partial charge in [-0.1, -0.05) is 30.3 Å². The Labute approximate surface area is 139 Å². The van der Waals surface area contributed by atoms with Gasteiger partial charge in [-0.25, -0.2) is 4.79 Å². The standard InChI is InChI=1S/C19H15NO4/c1-23-16-8-5-7-14(11-16)18(21)15(12-20)10-13-6-3-4-9-17(13)19(22)24-2/h3-11H,1-2H3/b15-10+. The molecule has 0 heterocycles. The van der Waals surface area contributed by atoms with Gasteiger partial charge in [0, 0.05) is 5.56 Å². The lowest BCUT2D eigenvalue weighted by atomic mass is 9.99. The molecule has 120 valence electrons. The summed E-state index contributed by atoms with van der Waals surface area (Å²) >= 11 is 0. The van der Waals surface area contributed by atoms with Crippen LogP contribution >= 0.6 is 0 Å². The largest absolute Gasteiger partial charge is 0.497 e. The maximum absolute atomic E-state index is 12.5. The van der Waals surface area contributed by atoms with Gasteiger partial charge in [-0.05, 0) is 29.8 Å². The summed E-state index contributed by atoms with van der Waals surface area (Å²) in [6, 6.07) is 15.0. The van der Waals surface area contributed by atoms with E-state index in [-0.39, 0.29) is 11.1 Å². The molecule has 0 fully saturated rings. The molecule has 0 N–H and O–H groups in total. The number of Topliss-reactive ketones (excluding diaryl/α,β-unsaturated/α-hetero) is 1. The molecule has 0 aromatic heterocycles. The van der Waals surface area contributed by atoms with Crippen LogP contribution in [-0.2, 0) is 4.74 Å². The van der Waals surface area contributed by atoms with Crippen LogP contribution in [0.3, 0.4) is 0 Å². The summed E-state index contributed by atoms with van der Waals surface area (Å²) in [5.74, 6) is -0.461. The Morgan fingerprint density at radius 3 is 2.50 bits per heavy atom. The number of methoxy groups -OCH3 is 2. The van der Waals surface area contributed by atoms with Crippen molar-refractivity contribution in [2.24, 2.45) is 0 Å². The van der Waals surface area contributed by atoms with Crippen LogP contribution in [0, 0.1) is 11.3 Å². The first-order chi connectivity index (χ1) is 11.6. The predicted octanol–water partition coefficient (Wildman–Crippen LogP) is 3.27. The van der Waals surface area contributed by atoms with Crippen molar-refractivity contribution in [1.29, 1.82) is 5.26 Å². The van der Waals surface area contributed by atoms with Crippen molar-refractivity contribution in [1.82, 2.24) is 0 Å². The Morgan fingerprint density at radius 1 is 1.08 bits per heavy atom. The number of hydrogen-bond acceptors (Lipinski definition) is 5. The Hall–Kier alpha value is -3.39. The Balaban J connectivity index is 2.45. The number of carbonyl (C=O) groups is 2. The number of nitrogens with zero attached hydrogens (tertiary/aromatic N) is 1. The van der Waals surface area contributed by atoms with Gasteiger partial charge in [0.05, 0.1) is 19.8 Å². The van der Waals surface area contributed by atoms with Crippen molar-refractivity contribution in [2.45, 2.75) is 0 Å². The van der Waals surface area contributed by atoms with Gasteiger partial charge in [0.15, 0.2) is 0 Å². The molecular weight excluding hydrogens is 306 g/mol. The van der Waals surface area contributed by atoms with Gasteiger partial charge >= 0.3 is 5.97 Å². The molecule has 0 aliphatic carbocycles. The topological polar surface area (TPSA) is 76.4 Å². The van der Waals surface area contributed by atoms with Crippen LogP contribution in [0.4, 0.5) is 0 Å². The molecule has 5 heteroatoms. The molecule has 24 heavy (non-hydrogen) atoms. The molecule has 5 nitrogen and oxygen atoms in total. The average molecular weight is 321 g/mol. The lowest BCUT2D eigenvalue weighted by molar-refractivity contribution is 0.0600. The zero-order valence-corrected chi connectivity index (χ0v) is 13.3. The number of nitriles is 1. The maximum Gasteiger partial charge on any atom is 0.338 e. The highest BCUT2D eigenvalue weighted by atomic mass is 16.5. The zero-order valence-electron chi connectivity index (χ0n) is 13.3. The van der Waals surface area contributed by atoms with E-state index < -0.39 is 11.8 Å². The van der Waals surface area contributed by atoms with Crippen LogP contribution in [0.15, 0.2) is 54.1 Å². The van der Waals surface area contributed by atoms with Gasteiger partial charge in [-0.3, -0.25) is 4.79 Å². The van der Waals surface area contributed by atoms with Crippen molar-refractivity contribution in [2.75, 3.05) is 14.2 Å². The minimum atomic E-state index is -0.534. The lowest BCUT2D eigenvalue weighted by Crippen LogP contribution is -2.05. The monoisotopic (exact) mass is 321 g/mol. The number of benzene rings is 2. The van der Waals surface area contributed by atoms with E-state index in [2.05, 4.69) is 0 Å². The van der Waals surface area contributed by atoms with E-state index in [1.165, 1.54) is 20.3 Å². The van der Waals surface area contributed by atoms with Crippen LogP contribution in [0.25, 0.3) is 6.08 Å². The quantitative estimate of drug-likeness (QED) is 0.365. The molecule has 0 atom stereocenters. The first kappa shape index (κ1) is 17.0. The van der Waals surface area contributed by atoms with Crippen LogP contribution in [0.1, 0.15) is 26.3 Å². The first-order valence-corrected chi connectivity index (χ1v) is 7.08. The molecule has 0 saturated heterocycles. The predicted molar refractivity (Wildman–Crippen MR) is 88.7 cm³/mol. The Morgan fingerprint density at radius 2 is 1.83 bits per heavy atom. The molecule has 0 unspecified atom stereocenters. The van der Waals surface area contributed by atoms with E-state index in [0.717, 1.165) is 0 Å². The fourth-order valence-corrected chi connectivity index (χ4v) is 2.14. The summed E-state index contributed by atoms with van der Waals surface area (Å²) in [5, 5.41) is 9.35. The molecular formula is C19H15NO4. The van der Waals surface area contributed by atoms with Crippen molar-refractivity contribution >= 4 is 17.8 Å². The number of ketones is 1. The van der Waals surface area contributed by atoms with Crippen LogP contribution in [0.5, 0.6) is 5.75 Å². The highest BCUT2D eigenvalue weighted by molar-refractivity contribution is 6.14. The van der Waals surface area contributed by atoms with Crippen LogP contribution in [0.2, 0.25) is 0 Å². The third-order valence-electron chi connectivity index (χ3n) is 3.36. The van der Waals surface area contributed by atoms with Crippen molar-refractivity contribution in [3.05, 3.63) is 70.8 Å². The van der Waals surface area contributed by atoms with E-state index in [1.54, 1.807) is 48.5 Å². The number of esters is 1. The highest BCUT2D eigenvalue weighted by Crippen LogP contribution is 2.19. The summed E-state index contributed by atoms with van der Waals surface area (Å²) < 4.78 is 9.80. The minimum absolute atomic E-state index is 0.0837. The van der Waals surface area contributed by atoms with Gasteiger partial charge in [0.1, 0.15) is 17.4 Å². The van der Waals surface area contributed by atoms with Gasteiger partial charge in [-0.2, -0.15) is 5.26 Å². The van der Waals surface area contributed by atoms with Crippen molar-refractivity contribution < 1.29 is 19.1 Å². The molecule has 0 bridgehead atoms. The molecule has 0 aliphatic heterocycles. The number of hydrogen-bond donors (Lipinski definition) is 0. The first-order valence-electron chi connectivity index (χ1n) is 7.08. The Kier molecular flexibility index (Phi) is 5.48. The fourth-order valence-electron chi connectivity index (χ4n) is 2.14. The van der Waals surface area contributed by atoms with Gasteiger partial charge < -0.3 is 9.47 Å². The van der Waals surface area contributed by atoms with Crippen LogP contribution in [-0.4, -0.2) is 26.0 Å². The molecule has 0 amide bonds. The van der Waals surface area contributed by atoms with Crippen molar-refractivity contribution in [3.63, 3.8) is 0 Å².